The topological polar surface area (TPSA) is 66.4 Å². The minimum atomic E-state index is -0.878. The van der Waals surface area contributed by atoms with Gasteiger partial charge in [-0.25, -0.2) is 0 Å². The molecule has 0 fully saturated rings. The molecule has 15 heavy (non-hydrogen) atoms. The number of hydrogen-bond acceptors (Lipinski definition) is 2. The van der Waals surface area contributed by atoms with E-state index >= 15 is 0 Å². The number of carboxylic acids is 1. The first-order valence-electron chi connectivity index (χ1n) is 5.61. The average Bonchev–Trinajstić information content (AvgIpc) is 2.18. The largest absolute Gasteiger partial charge is 0.481 e. The zero-order valence-corrected chi connectivity index (χ0v) is 9.58. The van der Waals surface area contributed by atoms with Crippen LogP contribution in [0.1, 0.15) is 46.0 Å². The molecule has 1 unspecified atom stereocenters. The van der Waals surface area contributed by atoms with Gasteiger partial charge in [-0.05, 0) is 12.8 Å². The van der Waals surface area contributed by atoms with Crippen molar-refractivity contribution in [1.82, 2.24) is 5.32 Å². The van der Waals surface area contributed by atoms with Gasteiger partial charge in [-0.2, -0.15) is 0 Å². The lowest BCUT2D eigenvalue weighted by Crippen LogP contribution is -2.32. The van der Waals surface area contributed by atoms with Gasteiger partial charge >= 0.3 is 5.97 Å². The van der Waals surface area contributed by atoms with Gasteiger partial charge in [0.25, 0.3) is 0 Å². The normalized spacial score (nSPS) is 12.1. The monoisotopic (exact) mass is 215 g/mol. The molecule has 0 bridgehead atoms. The fourth-order valence-corrected chi connectivity index (χ4v) is 1.41. The van der Waals surface area contributed by atoms with Gasteiger partial charge in [-0.3, -0.25) is 9.59 Å². The van der Waals surface area contributed by atoms with Crippen molar-refractivity contribution in [1.29, 1.82) is 0 Å². The molecule has 0 heterocycles. The Kier molecular flexibility index (Phi) is 7.68. The number of amides is 1. The van der Waals surface area contributed by atoms with E-state index in [1.165, 1.54) is 0 Å². The van der Waals surface area contributed by atoms with Crippen LogP contribution in [-0.2, 0) is 9.59 Å². The van der Waals surface area contributed by atoms with Crippen molar-refractivity contribution in [2.75, 3.05) is 6.54 Å². The number of carbonyl (C=O) groups excluding carboxylic acids is 1. The summed E-state index contributed by atoms with van der Waals surface area (Å²) < 4.78 is 0. The number of aliphatic carboxylic acids is 1. The Bertz CT molecular complexity index is 204. The number of unbranched alkanes of at least 4 members (excludes halogenated alkanes) is 1. The highest BCUT2D eigenvalue weighted by molar-refractivity contribution is 5.79. The number of carboxylic acid groups (broad SMARTS) is 1. The van der Waals surface area contributed by atoms with Crippen molar-refractivity contribution in [3.8, 4) is 0 Å². The quantitative estimate of drug-likeness (QED) is 0.648. The molecule has 0 aromatic rings. The van der Waals surface area contributed by atoms with Crippen LogP contribution in [0.5, 0.6) is 0 Å². The smallest absolute Gasteiger partial charge is 0.305 e. The summed E-state index contributed by atoms with van der Waals surface area (Å²) in [4.78, 5) is 21.8. The number of carbonyl (C=O) groups is 2. The van der Waals surface area contributed by atoms with Crippen LogP contribution in [0, 0.1) is 5.92 Å². The van der Waals surface area contributed by atoms with Crippen LogP contribution in [0.2, 0.25) is 0 Å². The van der Waals surface area contributed by atoms with Gasteiger partial charge in [0.1, 0.15) is 0 Å². The van der Waals surface area contributed by atoms with Crippen LogP contribution in [0.25, 0.3) is 0 Å². The molecule has 2 N–H and O–H groups in total. The van der Waals surface area contributed by atoms with Crippen LogP contribution in [0.15, 0.2) is 0 Å². The van der Waals surface area contributed by atoms with Gasteiger partial charge in [0, 0.05) is 12.5 Å². The third-order valence-corrected chi connectivity index (χ3v) is 2.41. The Balaban J connectivity index is 3.77. The van der Waals surface area contributed by atoms with Crippen molar-refractivity contribution < 1.29 is 14.7 Å². The highest BCUT2D eigenvalue weighted by atomic mass is 16.4. The van der Waals surface area contributed by atoms with Crippen LogP contribution >= 0.6 is 0 Å². The highest BCUT2D eigenvalue weighted by Crippen LogP contribution is 2.12. The van der Waals surface area contributed by atoms with E-state index in [0.717, 1.165) is 25.7 Å². The van der Waals surface area contributed by atoms with Crippen molar-refractivity contribution in [3.63, 3.8) is 0 Å². The van der Waals surface area contributed by atoms with Gasteiger partial charge < -0.3 is 10.4 Å². The molecule has 0 aliphatic carbocycles. The van der Waals surface area contributed by atoms with Crippen LogP contribution in [0.4, 0.5) is 0 Å². The lowest BCUT2D eigenvalue weighted by atomic mass is 9.98. The first kappa shape index (κ1) is 13.9. The van der Waals surface area contributed by atoms with Gasteiger partial charge in [0.15, 0.2) is 0 Å². The zero-order chi connectivity index (χ0) is 11.7. The summed E-state index contributed by atoms with van der Waals surface area (Å²) in [6.45, 7) is 4.31. The molecular formula is C11H21NO3. The number of hydrogen-bond donors (Lipinski definition) is 2. The molecule has 0 aliphatic rings. The van der Waals surface area contributed by atoms with Crippen molar-refractivity contribution in [2.45, 2.75) is 46.0 Å². The molecule has 0 spiro atoms. The summed E-state index contributed by atoms with van der Waals surface area (Å²) in [6.07, 6.45) is 3.84. The first-order valence-corrected chi connectivity index (χ1v) is 5.61. The molecule has 0 saturated carbocycles. The van der Waals surface area contributed by atoms with Crippen molar-refractivity contribution in [3.05, 3.63) is 0 Å². The molecule has 88 valence electrons. The van der Waals surface area contributed by atoms with E-state index < -0.39 is 5.97 Å². The Labute approximate surface area is 91.1 Å². The first-order chi connectivity index (χ1) is 7.11. The Hall–Kier alpha value is -1.06. The summed E-state index contributed by atoms with van der Waals surface area (Å²) in [5.41, 5.74) is 0. The second kappa shape index (κ2) is 8.26. The Morgan fingerprint density at radius 1 is 1.33 bits per heavy atom. The minimum Gasteiger partial charge on any atom is -0.481 e. The Morgan fingerprint density at radius 2 is 2.00 bits per heavy atom. The molecule has 1 atom stereocenters. The maximum atomic E-state index is 11.6. The molecule has 0 radical (unpaired) electrons. The Morgan fingerprint density at radius 3 is 2.47 bits per heavy atom. The van der Waals surface area contributed by atoms with E-state index in [1.54, 1.807) is 0 Å². The summed E-state index contributed by atoms with van der Waals surface area (Å²) in [5, 5.41) is 11.1. The number of rotatable bonds is 8. The summed E-state index contributed by atoms with van der Waals surface area (Å²) >= 11 is 0. The molecule has 4 nitrogen and oxygen atoms in total. The molecule has 0 aromatic carbocycles. The summed E-state index contributed by atoms with van der Waals surface area (Å²) in [7, 11) is 0. The molecule has 0 aromatic heterocycles. The maximum absolute atomic E-state index is 11.6. The molecule has 0 aliphatic heterocycles. The molecular weight excluding hydrogens is 194 g/mol. The minimum absolute atomic E-state index is 0.00402. The van der Waals surface area contributed by atoms with E-state index in [9.17, 15) is 9.59 Å². The SMILES string of the molecule is CCCCC(CC)C(=O)NCCC(=O)O. The van der Waals surface area contributed by atoms with E-state index in [-0.39, 0.29) is 24.8 Å². The van der Waals surface area contributed by atoms with Crippen molar-refractivity contribution >= 4 is 11.9 Å². The van der Waals surface area contributed by atoms with Gasteiger partial charge in [-0.1, -0.05) is 26.7 Å². The van der Waals surface area contributed by atoms with E-state index in [0.29, 0.717) is 0 Å². The van der Waals surface area contributed by atoms with E-state index in [4.69, 9.17) is 5.11 Å². The van der Waals surface area contributed by atoms with Crippen LogP contribution in [0.3, 0.4) is 0 Å². The molecule has 1 amide bonds. The fourth-order valence-electron chi connectivity index (χ4n) is 1.41. The standard InChI is InChI=1S/C11H21NO3/c1-3-5-6-9(4-2)11(15)12-8-7-10(13)14/h9H,3-8H2,1-2H3,(H,12,15)(H,13,14). The summed E-state index contributed by atoms with van der Waals surface area (Å²) in [6, 6.07) is 0. The lowest BCUT2D eigenvalue weighted by Gasteiger charge is -2.13. The third kappa shape index (κ3) is 6.94. The average molecular weight is 215 g/mol. The van der Waals surface area contributed by atoms with Gasteiger partial charge in [0.05, 0.1) is 6.42 Å². The third-order valence-electron chi connectivity index (χ3n) is 2.41. The zero-order valence-electron chi connectivity index (χ0n) is 9.58. The number of nitrogens with one attached hydrogen (secondary N) is 1. The second-order valence-corrected chi connectivity index (χ2v) is 3.68. The summed E-state index contributed by atoms with van der Waals surface area (Å²) in [5.74, 6) is -0.845. The fraction of sp³-hybridized carbons (Fsp3) is 0.818. The molecule has 0 saturated heterocycles. The van der Waals surface area contributed by atoms with E-state index in [1.807, 2.05) is 6.92 Å². The van der Waals surface area contributed by atoms with E-state index in [2.05, 4.69) is 12.2 Å². The predicted octanol–water partition coefficient (Wildman–Crippen LogP) is 1.79. The molecule has 4 heteroatoms. The predicted molar refractivity (Wildman–Crippen MR) is 58.6 cm³/mol. The van der Waals surface area contributed by atoms with Crippen LogP contribution in [-0.4, -0.2) is 23.5 Å². The van der Waals surface area contributed by atoms with Gasteiger partial charge in [0.2, 0.25) is 5.91 Å². The van der Waals surface area contributed by atoms with Crippen LogP contribution < -0.4 is 5.32 Å². The molecule has 0 rings (SSSR count). The van der Waals surface area contributed by atoms with Crippen molar-refractivity contribution in [2.24, 2.45) is 5.92 Å². The van der Waals surface area contributed by atoms with Gasteiger partial charge in [-0.15, -0.1) is 0 Å². The maximum Gasteiger partial charge on any atom is 0.305 e. The second-order valence-electron chi connectivity index (χ2n) is 3.68. The lowest BCUT2D eigenvalue weighted by molar-refractivity contribution is -0.137. The highest BCUT2D eigenvalue weighted by Gasteiger charge is 2.15.